The molecule has 0 aliphatic heterocycles. The maximum atomic E-state index is 12.9. The minimum atomic E-state index is -3.94. The molecule has 1 unspecified atom stereocenters. The highest BCUT2D eigenvalue weighted by molar-refractivity contribution is 7.89. The molecule has 154 valence electrons. The van der Waals surface area contributed by atoms with E-state index in [1.54, 1.807) is 38.1 Å². The van der Waals surface area contributed by atoms with Gasteiger partial charge < -0.3 is 4.74 Å². The number of esters is 1. The number of carbonyl (C=O) groups is 1. The number of ether oxygens (including phenoxy) is 1. The molecular weight excluding hydrogens is 410 g/mol. The van der Waals surface area contributed by atoms with Crippen LogP contribution in [0.1, 0.15) is 25.0 Å². The highest BCUT2D eigenvalue weighted by atomic mass is 35.5. The number of hydrogen-bond acceptors (Lipinski definition) is 4. The summed E-state index contributed by atoms with van der Waals surface area (Å²) in [5.41, 5.74) is 2.02. The van der Waals surface area contributed by atoms with Gasteiger partial charge in [-0.1, -0.05) is 66.2 Å². The molecule has 0 saturated carbocycles. The van der Waals surface area contributed by atoms with Crippen LogP contribution >= 0.6 is 11.6 Å². The Balaban J connectivity index is 2.49. The summed E-state index contributed by atoms with van der Waals surface area (Å²) in [5.74, 6) is -0.694. The number of nitrogens with one attached hydrogen (secondary N) is 1. The molecule has 5 nitrogen and oxygen atoms in total. The van der Waals surface area contributed by atoms with E-state index in [0.29, 0.717) is 16.2 Å². The highest BCUT2D eigenvalue weighted by Gasteiger charge is 2.29. The van der Waals surface area contributed by atoms with Crippen LogP contribution in [0.2, 0.25) is 0 Å². The van der Waals surface area contributed by atoms with E-state index < -0.39 is 22.0 Å². The second kappa shape index (κ2) is 9.87. The molecule has 0 saturated heterocycles. The van der Waals surface area contributed by atoms with Gasteiger partial charge in [0, 0.05) is 5.03 Å². The van der Waals surface area contributed by atoms with Crippen molar-refractivity contribution in [2.45, 2.75) is 31.7 Å². The Hall–Kier alpha value is -2.41. The molecule has 1 atom stereocenters. The maximum absolute atomic E-state index is 12.9. The van der Waals surface area contributed by atoms with Crippen LogP contribution in [0.5, 0.6) is 0 Å². The van der Waals surface area contributed by atoms with Crippen LogP contribution in [0.15, 0.2) is 77.2 Å². The van der Waals surface area contributed by atoms with Crippen molar-refractivity contribution in [2.75, 3.05) is 6.61 Å². The topological polar surface area (TPSA) is 72.5 Å². The van der Waals surface area contributed by atoms with Crippen LogP contribution in [-0.2, 0) is 19.6 Å². The number of sulfonamides is 1. The lowest BCUT2D eigenvalue weighted by molar-refractivity contribution is -0.138. The van der Waals surface area contributed by atoms with Gasteiger partial charge in [0.15, 0.2) is 0 Å². The van der Waals surface area contributed by atoms with E-state index in [2.05, 4.69) is 11.3 Å². The molecule has 0 spiro atoms. The van der Waals surface area contributed by atoms with Crippen LogP contribution in [0, 0.1) is 6.92 Å². The zero-order valence-electron chi connectivity index (χ0n) is 16.6. The molecule has 29 heavy (non-hydrogen) atoms. The van der Waals surface area contributed by atoms with Gasteiger partial charge in [-0.2, -0.15) is 4.72 Å². The van der Waals surface area contributed by atoms with E-state index in [4.69, 9.17) is 16.3 Å². The molecule has 7 heteroatoms. The molecule has 2 aromatic rings. The minimum absolute atomic E-state index is 0.0471. The van der Waals surface area contributed by atoms with Gasteiger partial charge in [-0.05, 0) is 44.0 Å². The minimum Gasteiger partial charge on any atom is -0.463 e. The molecular formula is C22H24ClNO4S. The van der Waals surface area contributed by atoms with Crippen molar-refractivity contribution in [3.05, 3.63) is 83.4 Å². The van der Waals surface area contributed by atoms with E-state index in [-0.39, 0.29) is 17.1 Å². The molecule has 0 bridgehead atoms. The van der Waals surface area contributed by atoms with Crippen molar-refractivity contribution in [1.29, 1.82) is 0 Å². The Bertz CT molecular complexity index is 1010. The van der Waals surface area contributed by atoms with Crippen LogP contribution < -0.4 is 4.72 Å². The van der Waals surface area contributed by atoms with Gasteiger partial charge in [-0.3, -0.25) is 0 Å². The molecule has 0 radical (unpaired) electrons. The van der Waals surface area contributed by atoms with E-state index in [1.165, 1.54) is 12.1 Å². The van der Waals surface area contributed by atoms with E-state index >= 15 is 0 Å². The first kappa shape index (κ1) is 22.9. The molecule has 0 aliphatic rings. The van der Waals surface area contributed by atoms with Crippen molar-refractivity contribution in [3.63, 3.8) is 0 Å². The van der Waals surface area contributed by atoms with Gasteiger partial charge in [0.1, 0.15) is 0 Å². The van der Waals surface area contributed by atoms with Crippen LogP contribution in [-0.4, -0.2) is 27.0 Å². The smallest absolute Gasteiger partial charge is 0.335 e. The summed E-state index contributed by atoms with van der Waals surface area (Å²) in [4.78, 5) is 12.4. The lowest BCUT2D eigenvalue weighted by Crippen LogP contribution is -2.39. The van der Waals surface area contributed by atoms with Gasteiger partial charge in [0.25, 0.3) is 0 Å². The summed E-state index contributed by atoms with van der Waals surface area (Å²) in [6.07, 6.45) is 0. The molecule has 0 aliphatic carbocycles. The Morgan fingerprint density at radius 2 is 1.72 bits per heavy atom. The second-order valence-corrected chi connectivity index (χ2v) is 8.57. The van der Waals surface area contributed by atoms with Crippen molar-refractivity contribution < 1.29 is 17.9 Å². The third-order valence-electron chi connectivity index (χ3n) is 4.30. The molecule has 2 aromatic carbocycles. The third kappa shape index (κ3) is 5.79. The fourth-order valence-electron chi connectivity index (χ4n) is 2.64. The van der Waals surface area contributed by atoms with Crippen molar-refractivity contribution in [3.8, 4) is 0 Å². The van der Waals surface area contributed by atoms with E-state index in [9.17, 15) is 13.2 Å². The summed E-state index contributed by atoms with van der Waals surface area (Å²) in [7, 11) is -3.94. The average Bonchev–Trinajstić information content (AvgIpc) is 2.71. The first-order valence-corrected chi connectivity index (χ1v) is 10.9. The van der Waals surface area contributed by atoms with Gasteiger partial charge in [-0.15, -0.1) is 0 Å². The monoisotopic (exact) mass is 433 g/mol. The van der Waals surface area contributed by atoms with Gasteiger partial charge in [0.2, 0.25) is 10.0 Å². The van der Waals surface area contributed by atoms with Crippen LogP contribution in [0.4, 0.5) is 0 Å². The zero-order chi connectivity index (χ0) is 21.6. The fourth-order valence-corrected chi connectivity index (χ4v) is 4.14. The number of hydrogen-bond donors (Lipinski definition) is 1. The first-order valence-electron chi connectivity index (χ1n) is 9.04. The number of benzene rings is 2. The summed E-state index contributed by atoms with van der Waals surface area (Å²) in [5, 5.41) is 0.327. The lowest BCUT2D eigenvalue weighted by Gasteiger charge is -2.22. The Labute approximate surface area is 177 Å². The number of aryl methyl sites for hydroxylation is 1. The zero-order valence-corrected chi connectivity index (χ0v) is 18.2. The van der Waals surface area contributed by atoms with Crippen molar-refractivity contribution >= 4 is 32.6 Å². The van der Waals surface area contributed by atoms with E-state index in [0.717, 1.165) is 5.56 Å². The maximum Gasteiger partial charge on any atom is 0.335 e. The van der Waals surface area contributed by atoms with Gasteiger partial charge in [-0.25, -0.2) is 13.2 Å². The van der Waals surface area contributed by atoms with Crippen molar-refractivity contribution in [1.82, 2.24) is 4.72 Å². The SMILES string of the molecule is C=C(C(=O)OCC)C(NS(=O)(=O)c1ccc(C)cc1)/C(C)=C(\Cl)c1ccccc1. The number of halogens is 1. The fraction of sp³-hybridized carbons (Fsp3) is 0.227. The second-order valence-electron chi connectivity index (χ2n) is 6.48. The van der Waals surface area contributed by atoms with Crippen LogP contribution in [0.3, 0.4) is 0 Å². The predicted octanol–water partition coefficient (Wildman–Crippen LogP) is 4.43. The molecule has 2 rings (SSSR count). The van der Waals surface area contributed by atoms with Crippen LogP contribution in [0.25, 0.3) is 5.03 Å². The Morgan fingerprint density at radius 1 is 1.14 bits per heavy atom. The average molecular weight is 434 g/mol. The Morgan fingerprint density at radius 3 is 2.28 bits per heavy atom. The highest BCUT2D eigenvalue weighted by Crippen LogP contribution is 2.28. The van der Waals surface area contributed by atoms with Gasteiger partial charge in [0.05, 0.1) is 23.1 Å². The molecule has 0 amide bonds. The Kier molecular flexibility index (Phi) is 7.79. The standard InChI is InChI=1S/C22H24ClNO4S/c1-5-28-22(25)17(4)21(16(3)20(23)18-9-7-6-8-10-18)24-29(26,27)19-13-11-15(2)12-14-19/h6-14,21,24H,4-5H2,1-3H3/b20-16-. The largest absolute Gasteiger partial charge is 0.463 e. The first-order chi connectivity index (χ1) is 13.7. The number of rotatable bonds is 8. The summed E-state index contributed by atoms with van der Waals surface area (Å²) in [6, 6.07) is 14.4. The number of carbonyl (C=O) groups excluding carboxylic acids is 1. The summed E-state index contributed by atoms with van der Waals surface area (Å²) < 4.78 is 33.4. The summed E-state index contributed by atoms with van der Waals surface area (Å²) in [6.45, 7) is 9.09. The molecule has 1 N–H and O–H groups in total. The third-order valence-corrected chi connectivity index (χ3v) is 6.25. The predicted molar refractivity (Wildman–Crippen MR) is 116 cm³/mol. The quantitative estimate of drug-likeness (QED) is 0.493. The normalized spacial score (nSPS) is 13.4. The molecule has 0 heterocycles. The lowest BCUT2D eigenvalue weighted by atomic mass is 9.99. The molecule has 0 aromatic heterocycles. The van der Waals surface area contributed by atoms with Crippen molar-refractivity contribution in [2.24, 2.45) is 0 Å². The molecule has 0 fully saturated rings. The van der Waals surface area contributed by atoms with Gasteiger partial charge >= 0.3 is 5.97 Å². The van der Waals surface area contributed by atoms with E-state index in [1.807, 2.05) is 25.1 Å². The summed E-state index contributed by atoms with van der Waals surface area (Å²) >= 11 is 6.52.